The Morgan fingerprint density at radius 1 is 1.12 bits per heavy atom. The van der Waals surface area contributed by atoms with E-state index in [9.17, 15) is 18.0 Å². The van der Waals surface area contributed by atoms with Crippen molar-refractivity contribution >= 4 is 21.8 Å². The molecule has 3 rings (SSSR count). The lowest BCUT2D eigenvalue weighted by molar-refractivity contribution is 0.0473. The van der Waals surface area contributed by atoms with E-state index in [1.165, 1.54) is 40.9 Å². The molecule has 1 fully saturated rings. The average Bonchev–Trinajstić information content (AvgIpc) is 3.31. The molecule has 138 valence electrons. The largest absolute Gasteiger partial charge is 0.469 e. The molecule has 0 aliphatic carbocycles. The van der Waals surface area contributed by atoms with Gasteiger partial charge in [-0.3, -0.25) is 4.79 Å². The second-order valence-corrected chi connectivity index (χ2v) is 7.96. The molecule has 1 aliphatic rings. The van der Waals surface area contributed by atoms with E-state index in [2.05, 4.69) is 0 Å². The van der Waals surface area contributed by atoms with Gasteiger partial charge < -0.3 is 9.15 Å². The van der Waals surface area contributed by atoms with Gasteiger partial charge in [-0.2, -0.15) is 4.31 Å². The van der Waals surface area contributed by atoms with Crippen LogP contribution in [0.2, 0.25) is 0 Å². The number of hydrogen-bond donors (Lipinski definition) is 0. The first-order chi connectivity index (χ1) is 12.4. The molecule has 1 aliphatic heterocycles. The molecule has 8 heteroatoms. The summed E-state index contributed by atoms with van der Waals surface area (Å²) in [7, 11) is -3.52. The highest BCUT2D eigenvalue weighted by Crippen LogP contribution is 2.21. The normalized spacial score (nSPS) is 15.1. The van der Waals surface area contributed by atoms with E-state index in [4.69, 9.17) is 9.15 Å². The van der Waals surface area contributed by atoms with Crippen molar-refractivity contribution in [2.75, 3.05) is 19.7 Å². The standard InChI is InChI=1S/C18H19NO6S/c1-13-16(8-11-24-13)18(21)25-12-17(20)14-4-6-15(7-5-14)26(22,23)19-9-2-3-10-19/h4-8,11H,2-3,9-10,12H2,1H3. The van der Waals surface area contributed by atoms with Gasteiger partial charge in [-0.1, -0.05) is 0 Å². The number of ketones is 1. The molecule has 0 N–H and O–H groups in total. The molecule has 26 heavy (non-hydrogen) atoms. The van der Waals surface area contributed by atoms with Gasteiger partial charge in [-0.25, -0.2) is 13.2 Å². The Kier molecular flexibility index (Phi) is 5.24. The van der Waals surface area contributed by atoms with E-state index in [1.807, 2.05) is 0 Å². The maximum Gasteiger partial charge on any atom is 0.342 e. The molecular weight excluding hydrogens is 358 g/mol. The fourth-order valence-corrected chi connectivity index (χ4v) is 4.30. The summed E-state index contributed by atoms with van der Waals surface area (Å²) in [5.41, 5.74) is 0.548. The third-order valence-corrected chi connectivity index (χ3v) is 6.21. The topological polar surface area (TPSA) is 93.9 Å². The second-order valence-electron chi connectivity index (χ2n) is 6.03. The van der Waals surface area contributed by atoms with Gasteiger partial charge in [-0.15, -0.1) is 0 Å². The minimum absolute atomic E-state index is 0.155. The SMILES string of the molecule is Cc1occc1C(=O)OCC(=O)c1ccc(S(=O)(=O)N2CCCC2)cc1. The summed E-state index contributed by atoms with van der Waals surface area (Å²) in [6.07, 6.45) is 3.09. The Balaban J connectivity index is 1.64. The predicted octanol–water partition coefficient (Wildman–Crippen LogP) is 2.41. The van der Waals surface area contributed by atoms with Gasteiger partial charge in [0, 0.05) is 18.7 Å². The number of carbonyl (C=O) groups is 2. The summed E-state index contributed by atoms with van der Waals surface area (Å²) >= 11 is 0. The molecule has 0 saturated carbocycles. The molecule has 0 radical (unpaired) electrons. The van der Waals surface area contributed by atoms with Crippen LogP contribution >= 0.6 is 0 Å². The Morgan fingerprint density at radius 3 is 2.35 bits per heavy atom. The molecule has 0 atom stereocenters. The predicted molar refractivity (Wildman–Crippen MR) is 92.5 cm³/mol. The van der Waals surface area contributed by atoms with Crippen LogP contribution in [-0.4, -0.2) is 44.2 Å². The van der Waals surface area contributed by atoms with Crippen LogP contribution in [0.15, 0.2) is 45.9 Å². The van der Waals surface area contributed by atoms with Crippen molar-refractivity contribution in [3.05, 3.63) is 53.5 Å². The highest BCUT2D eigenvalue weighted by Gasteiger charge is 2.27. The summed E-state index contributed by atoms with van der Waals surface area (Å²) in [5.74, 6) is -0.638. The molecule has 1 aromatic carbocycles. The van der Waals surface area contributed by atoms with Crippen LogP contribution in [0.1, 0.15) is 39.3 Å². The minimum atomic E-state index is -3.52. The number of hydrogen-bond acceptors (Lipinski definition) is 6. The zero-order chi connectivity index (χ0) is 18.7. The first-order valence-electron chi connectivity index (χ1n) is 8.24. The van der Waals surface area contributed by atoms with E-state index >= 15 is 0 Å². The lowest BCUT2D eigenvalue weighted by Crippen LogP contribution is -2.27. The van der Waals surface area contributed by atoms with Crippen LogP contribution in [0, 0.1) is 6.92 Å². The van der Waals surface area contributed by atoms with Crippen LogP contribution in [-0.2, 0) is 14.8 Å². The van der Waals surface area contributed by atoms with Crippen LogP contribution in [0.5, 0.6) is 0 Å². The van der Waals surface area contributed by atoms with E-state index in [0.717, 1.165) is 12.8 Å². The van der Waals surface area contributed by atoms with Crippen molar-refractivity contribution in [1.29, 1.82) is 0 Å². The van der Waals surface area contributed by atoms with Gasteiger partial charge >= 0.3 is 5.97 Å². The fraction of sp³-hybridized carbons (Fsp3) is 0.333. The van der Waals surface area contributed by atoms with Crippen molar-refractivity contribution in [3.63, 3.8) is 0 Å². The molecule has 1 saturated heterocycles. The molecule has 2 heterocycles. The maximum atomic E-state index is 12.5. The zero-order valence-electron chi connectivity index (χ0n) is 14.3. The molecule has 2 aromatic rings. The van der Waals surface area contributed by atoms with Crippen LogP contribution in [0.25, 0.3) is 0 Å². The number of furan rings is 1. The number of rotatable bonds is 6. The molecule has 0 bridgehead atoms. The van der Waals surface area contributed by atoms with E-state index in [0.29, 0.717) is 18.8 Å². The van der Waals surface area contributed by atoms with Gasteiger partial charge in [0.15, 0.2) is 12.4 Å². The number of aryl methyl sites for hydroxylation is 1. The lowest BCUT2D eigenvalue weighted by atomic mass is 10.1. The third kappa shape index (κ3) is 3.71. The smallest absolute Gasteiger partial charge is 0.342 e. The van der Waals surface area contributed by atoms with Gasteiger partial charge in [0.05, 0.1) is 11.2 Å². The molecule has 1 aromatic heterocycles. The first-order valence-corrected chi connectivity index (χ1v) is 9.68. The molecule has 0 unspecified atom stereocenters. The van der Waals surface area contributed by atoms with Crippen molar-refractivity contribution in [1.82, 2.24) is 4.31 Å². The maximum absolute atomic E-state index is 12.5. The highest BCUT2D eigenvalue weighted by atomic mass is 32.2. The third-order valence-electron chi connectivity index (χ3n) is 4.29. The van der Waals surface area contributed by atoms with Gasteiger partial charge in [-0.05, 0) is 50.1 Å². The lowest BCUT2D eigenvalue weighted by Gasteiger charge is -2.15. The number of nitrogens with zero attached hydrogens (tertiary/aromatic N) is 1. The van der Waals surface area contributed by atoms with Crippen LogP contribution < -0.4 is 0 Å². The molecule has 0 spiro atoms. The van der Waals surface area contributed by atoms with Crippen molar-refractivity contribution in [2.24, 2.45) is 0 Å². The number of ether oxygens (including phenoxy) is 1. The van der Waals surface area contributed by atoms with E-state index in [-0.39, 0.29) is 16.0 Å². The number of esters is 1. The zero-order valence-corrected chi connectivity index (χ0v) is 15.1. The number of sulfonamides is 1. The van der Waals surface area contributed by atoms with Crippen molar-refractivity contribution in [3.8, 4) is 0 Å². The first kappa shape index (κ1) is 18.3. The van der Waals surface area contributed by atoms with Gasteiger partial charge in [0.25, 0.3) is 0 Å². The quantitative estimate of drug-likeness (QED) is 0.567. The van der Waals surface area contributed by atoms with E-state index < -0.39 is 28.4 Å². The van der Waals surface area contributed by atoms with Gasteiger partial charge in [0.2, 0.25) is 10.0 Å². The summed E-state index contributed by atoms with van der Waals surface area (Å²) in [6.45, 7) is 2.23. The number of benzene rings is 1. The molecule has 7 nitrogen and oxygen atoms in total. The van der Waals surface area contributed by atoms with Crippen LogP contribution in [0.3, 0.4) is 0 Å². The van der Waals surface area contributed by atoms with E-state index in [1.54, 1.807) is 6.92 Å². The Bertz CT molecular complexity index is 907. The Morgan fingerprint density at radius 2 is 1.77 bits per heavy atom. The van der Waals surface area contributed by atoms with Crippen molar-refractivity contribution < 1.29 is 27.2 Å². The fourth-order valence-electron chi connectivity index (χ4n) is 2.78. The summed E-state index contributed by atoms with van der Waals surface area (Å²) < 4.78 is 36.4. The average molecular weight is 377 g/mol. The minimum Gasteiger partial charge on any atom is -0.469 e. The monoisotopic (exact) mass is 377 g/mol. The molecular formula is C18H19NO6S. The molecule has 0 amide bonds. The second kappa shape index (κ2) is 7.43. The summed E-state index contributed by atoms with van der Waals surface area (Å²) in [5, 5.41) is 0. The van der Waals surface area contributed by atoms with Gasteiger partial charge in [0.1, 0.15) is 11.3 Å². The number of Topliss-reactive ketones (excluding diaryl/α,β-unsaturated/α-hetero) is 1. The Hall–Kier alpha value is -2.45. The Labute approximate surface area is 151 Å². The highest BCUT2D eigenvalue weighted by molar-refractivity contribution is 7.89. The number of carbonyl (C=O) groups excluding carboxylic acids is 2. The summed E-state index contributed by atoms with van der Waals surface area (Å²) in [6, 6.07) is 7.15. The van der Waals surface area contributed by atoms with Crippen molar-refractivity contribution in [2.45, 2.75) is 24.7 Å². The summed E-state index contributed by atoms with van der Waals surface area (Å²) in [4.78, 5) is 24.2. The van der Waals surface area contributed by atoms with Crippen LogP contribution in [0.4, 0.5) is 0 Å².